The van der Waals surface area contributed by atoms with E-state index < -0.39 is 4.84 Å². The summed E-state index contributed by atoms with van der Waals surface area (Å²) >= 11 is 16.7. The molecular formula is C7H4Cl3. The second-order valence-corrected chi connectivity index (χ2v) is 3.27. The van der Waals surface area contributed by atoms with Crippen LogP contribution in [0.1, 0.15) is 10.4 Å². The molecule has 0 fully saturated rings. The van der Waals surface area contributed by atoms with Crippen LogP contribution in [0.5, 0.6) is 0 Å². The van der Waals surface area contributed by atoms with Crippen molar-refractivity contribution in [1.29, 1.82) is 0 Å². The van der Waals surface area contributed by atoms with Gasteiger partial charge in [0.2, 0.25) is 0 Å². The van der Waals surface area contributed by atoms with Crippen molar-refractivity contribution >= 4 is 34.8 Å². The Morgan fingerprint density at radius 1 is 1.30 bits per heavy atom. The molecule has 0 aromatic heterocycles. The summed E-state index contributed by atoms with van der Waals surface area (Å²) in [6.45, 7) is 0. The van der Waals surface area contributed by atoms with Crippen LogP contribution in [0.25, 0.3) is 0 Å². The molecule has 0 saturated carbocycles. The van der Waals surface area contributed by atoms with Crippen molar-refractivity contribution in [2.75, 3.05) is 0 Å². The van der Waals surface area contributed by atoms with Crippen LogP contribution in [0.2, 0.25) is 5.02 Å². The van der Waals surface area contributed by atoms with E-state index in [1.807, 2.05) is 0 Å². The van der Waals surface area contributed by atoms with Crippen molar-refractivity contribution in [3.05, 3.63) is 34.9 Å². The summed E-state index contributed by atoms with van der Waals surface area (Å²) in [7, 11) is 0. The van der Waals surface area contributed by atoms with Crippen LogP contribution in [0.4, 0.5) is 0 Å². The lowest BCUT2D eigenvalue weighted by molar-refractivity contribution is 1.35. The molecule has 1 rings (SSSR count). The molecule has 0 bridgehead atoms. The summed E-state index contributed by atoms with van der Waals surface area (Å²) in [6.07, 6.45) is 0. The van der Waals surface area contributed by atoms with Gasteiger partial charge < -0.3 is 0 Å². The van der Waals surface area contributed by atoms with Gasteiger partial charge in [-0.25, -0.2) is 0 Å². The molecule has 0 unspecified atom stereocenters. The second-order valence-electron chi connectivity index (χ2n) is 1.77. The molecule has 3 heteroatoms. The van der Waals surface area contributed by atoms with E-state index in [9.17, 15) is 0 Å². The van der Waals surface area contributed by atoms with Crippen LogP contribution in [0.15, 0.2) is 18.2 Å². The Balaban J connectivity index is 2.89. The zero-order valence-electron chi connectivity index (χ0n) is 4.94. The summed E-state index contributed by atoms with van der Waals surface area (Å²) < 4.78 is 0. The van der Waals surface area contributed by atoms with Gasteiger partial charge in [-0.3, -0.25) is 0 Å². The highest BCUT2D eigenvalue weighted by molar-refractivity contribution is 6.44. The van der Waals surface area contributed by atoms with Gasteiger partial charge in [-0.05, 0) is 17.7 Å². The quantitative estimate of drug-likeness (QED) is 0.599. The maximum atomic E-state index is 5.57. The Labute approximate surface area is 74.7 Å². The van der Waals surface area contributed by atoms with E-state index in [0.29, 0.717) is 5.02 Å². The zero-order chi connectivity index (χ0) is 7.56. The van der Waals surface area contributed by atoms with Crippen LogP contribution < -0.4 is 0 Å². The van der Waals surface area contributed by atoms with Crippen molar-refractivity contribution in [2.24, 2.45) is 0 Å². The maximum Gasteiger partial charge on any atom is 0.132 e. The second kappa shape index (κ2) is 3.47. The zero-order valence-corrected chi connectivity index (χ0v) is 7.21. The average molecular weight is 194 g/mol. The number of hydrogen-bond donors (Lipinski definition) is 0. The molecule has 1 aromatic rings. The Morgan fingerprint density at radius 2 is 2.00 bits per heavy atom. The first-order valence-electron chi connectivity index (χ1n) is 2.65. The summed E-state index contributed by atoms with van der Waals surface area (Å²) in [5.41, 5.74) is 0.813. The van der Waals surface area contributed by atoms with Gasteiger partial charge in [-0.15, -0.1) is 23.2 Å². The fourth-order valence-corrected chi connectivity index (χ4v) is 0.943. The van der Waals surface area contributed by atoms with E-state index in [-0.39, 0.29) is 0 Å². The fourth-order valence-electron chi connectivity index (χ4n) is 0.554. The van der Waals surface area contributed by atoms with E-state index in [2.05, 4.69) is 6.07 Å². The van der Waals surface area contributed by atoms with Gasteiger partial charge in [-0.1, -0.05) is 17.7 Å². The lowest BCUT2D eigenvalue weighted by Gasteiger charge is -1.98. The molecule has 10 heavy (non-hydrogen) atoms. The third kappa shape index (κ3) is 2.05. The van der Waals surface area contributed by atoms with Crippen molar-refractivity contribution in [2.45, 2.75) is 4.84 Å². The molecule has 0 saturated heterocycles. The molecule has 53 valence electrons. The Kier molecular flexibility index (Phi) is 2.84. The highest BCUT2D eigenvalue weighted by Gasteiger charge is 2.00. The van der Waals surface area contributed by atoms with Crippen LogP contribution in [-0.4, -0.2) is 0 Å². The minimum atomic E-state index is -0.492. The molecule has 0 nitrogen and oxygen atoms in total. The third-order valence-corrected chi connectivity index (χ3v) is 1.79. The topological polar surface area (TPSA) is 0 Å². The maximum absolute atomic E-state index is 5.57. The summed E-state index contributed by atoms with van der Waals surface area (Å²) in [4.78, 5) is -0.492. The van der Waals surface area contributed by atoms with Gasteiger partial charge in [0, 0.05) is 11.1 Å². The molecule has 1 radical (unpaired) electrons. The molecule has 0 amide bonds. The molecular weight excluding hydrogens is 190 g/mol. The van der Waals surface area contributed by atoms with Crippen molar-refractivity contribution in [1.82, 2.24) is 0 Å². The Bertz CT molecular complexity index is 203. The number of halogens is 3. The highest BCUT2D eigenvalue weighted by Crippen LogP contribution is 2.24. The van der Waals surface area contributed by atoms with Gasteiger partial charge >= 0.3 is 0 Å². The van der Waals surface area contributed by atoms with E-state index in [1.54, 1.807) is 18.2 Å². The lowest BCUT2D eigenvalue weighted by atomic mass is 10.2. The summed E-state index contributed by atoms with van der Waals surface area (Å²) in [6, 6.07) is 7.92. The minimum Gasteiger partial charge on any atom is -0.100 e. The van der Waals surface area contributed by atoms with Gasteiger partial charge in [0.1, 0.15) is 4.84 Å². The van der Waals surface area contributed by atoms with Gasteiger partial charge in [0.15, 0.2) is 0 Å². The summed E-state index contributed by atoms with van der Waals surface area (Å²) in [5, 5.41) is 0.567. The number of alkyl halides is 2. The minimum absolute atomic E-state index is 0.492. The van der Waals surface area contributed by atoms with E-state index in [4.69, 9.17) is 34.8 Å². The Morgan fingerprint density at radius 3 is 2.40 bits per heavy atom. The number of hydrogen-bond acceptors (Lipinski definition) is 0. The normalized spacial score (nSPS) is 10.4. The molecule has 0 atom stereocenters. The van der Waals surface area contributed by atoms with Gasteiger partial charge in [0.05, 0.1) is 0 Å². The first-order chi connectivity index (χ1) is 4.70. The lowest BCUT2D eigenvalue weighted by Crippen LogP contribution is -1.78. The number of rotatable bonds is 1. The van der Waals surface area contributed by atoms with Crippen molar-refractivity contribution in [3.63, 3.8) is 0 Å². The van der Waals surface area contributed by atoms with E-state index >= 15 is 0 Å². The summed E-state index contributed by atoms with van der Waals surface area (Å²) in [5.74, 6) is 0. The standard InChI is InChI=1S/C7H4Cl3/c8-6-3-1-5(2-4-6)7(9)10/h1-3,7H. The predicted molar refractivity (Wildman–Crippen MR) is 44.7 cm³/mol. The Hall–Kier alpha value is 0.0900. The smallest absolute Gasteiger partial charge is 0.100 e. The van der Waals surface area contributed by atoms with E-state index in [0.717, 1.165) is 5.56 Å². The van der Waals surface area contributed by atoms with Crippen LogP contribution in [0, 0.1) is 6.07 Å². The average Bonchev–Trinajstić information content (AvgIpc) is 1.88. The van der Waals surface area contributed by atoms with Crippen LogP contribution >= 0.6 is 34.8 Å². The highest BCUT2D eigenvalue weighted by atomic mass is 35.5. The molecule has 0 aliphatic heterocycles. The molecule has 0 heterocycles. The fraction of sp³-hybridized carbons (Fsp3) is 0.143. The predicted octanol–water partition coefficient (Wildman–Crippen LogP) is 3.62. The molecule has 1 aromatic carbocycles. The monoisotopic (exact) mass is 193 g/mol. The molecule has 0 aliphatic carbocycles. The van der Waals surface area contributed by atoms with Crippen molar-refractivity contribution < 1.29 is 0 Å². The third-order valence-electron chi connectivity index (χ3n) is 1.05. The molecule has 0 N–H and O–H groups in total. The number of benzene rings is 1. The largest absolute Gasteiger partial charge is 0.132 e. The van der Waals surface area contributed by atoms with Gasteiger partial charge in [0.25, 0.3) is 0 Å². The van der Waals surface area contributed by atoms with Crippen molar-refractivity contribution in [3.8, 4) is 0 Å². The van der Waals surface area contributed by atoms with E-state index in [1.165, 1.54) is 0 Å². The van der Waals surface area contributed by atoms with Gasteiger partial charge in [-0.2, -0.15) is 0 Å². The SMILES string of the molecule is Clc1[c]cc(C(Cl)Cl)cc1. The molecule has 0 spiro atoms. The first-order valence-corrected chi connectivity index (χ1v) is 3.90. The molecule has 0 aliphatic rings. The van der Waals surface area contributed by atoms with Crippen LogP contribution in [-0.2, 0) is 0 Å². The first kappa shape index (κ1) is 8.19. The van der Waals surface area contributed by atoms with Crippen LogP contribution in [0.3, 0.4) is 0 Å².